The van der Waals surface area contributed by atoms with Crippen LogP contribution >= 0.6 is 0 Å². The van der Waals surface area contributed by atoms with E-state index in [0.29, 0.717) is 26.3 Å². The van der Waals surface area contributed by atoms with Gasteiger partial charge in [-0.15, -0.1) is 0 Å². The number of benzene rings is 2. The average Bonchev–Trinajstić information content (AvgIpc) is 3.10. The first-order valence-electron chi connectivity index (χ1n) is 8.17. The highest BCUT2D eigenvalue weighted by Gasteiger charge is 2.17. The molecule has 0 N–H and O–H groups in total. The normalized spacial score (nSPS) is 14.9. The fourth-order valence-electron chi connectivity index (χ4n) is 3.12. The predicted molar refractivity (Wildman–Crippen MR) is 92.6 cm³/mol. The summed E-state index contributed by atoms with van der Waals surface area (Å²) in [5.74, 6) is 0.0888. The molecule has 0 spiro atoms. The van der Waals surface area contributed by atoms with Crippen LogP contribution in [0.4, 0.5) is 0 Å². The van der Waals surface area contributed by atoms with Crippen molar-refractivity contribution in [1.82, 2.24) is 14.7 Å². The smallest absolute Gasteiger partial charge is 0.244 e. The predicted octanol–water partition coefficient (Wildman–Crippen LogP) is 2.56. The molecular weight excluding hydrogens is 302 g/mol. The minimum absolute atomic E-state index is 0.0888. The molecule has 1 aliphatic heterocycles. The number of hydrogen-bond acceptors (Lipinski definition) is 3. The molecule has 2 aromatic carbocycles. The van der Waals surface area contributed by atoms with Crippen LogP contribution in [0.3, 0.4) is 0 Å². The first-order chi connectivity index (χ1) is 11.8. The first-order valence-corrected chi connectivity index (χ1v) is 8.17. The number of ether oxygens (including phenoxy) is 1. The maximum atomic E-state index is 12.3. The van der Waals surface area contributed by atoms with Gasteiger partial charge in [0.05, 0.1) is 19.4 Å². The van der Waals surface area contributed by atoms with Gasteiger partial charge in [-0.25, -0.2) is 0 Å². The van der Waals surface area contributed by atoms with Crippen molar-refractivity contribution in [3.8, 4) is 11.1 Å². The molecule has 3 aromatic rings. The van der Waals surface area contributed by atoms with Gasteiger partial charge in [0.2, 0.25) is 5.91 Å². The zero-order valence-electron chi connectivity index (χ0n) is 13.4. The molecule has 1 saturated heterocycles. The van der Waals surface area contributed by atoms with Crippen molar-refractivity contribution in [3.63, 3.8) is 0 Å². The van der Waals surface area contributed by atoms with Gasteiger partial charge in [0.15, 0.2) is 0 Å². The highest BCUT2D eigenvalue weighted by atomic mass is 16.5. The van der Waals surface area contributed by atoms with Crippen LogP contribution in [0.15, 0.2) is 54.9 Å². The summed E-state index contributed by atoms with van der Waals surface area (Å²) in [6.45, 7) is 2.83. The number of rotatable bonds is 3. The van der Waals surface area contributed by atoms with Gasteiger partial charge < -0.3 is 9.64 Å². The van der Waals surface area contributed by atoms with Crippen molar-refractivity contribution in [2.45, 2.75) is 6.54 Å². The van der Waals surface area contributed by atoms with Gasteiger partial charge in [0.25, 0.3) is 0 Å². The van der Waals surface area contributed by atoms with Crippen LogP contribution in [0.25, 0.3) is 21.9 Å². The quantitative estimate of drug-likeness (QED) is 0.745. The van der Waals surface area contributed by atoms with Crippen LogP contribution in [0, 0.1) is 0 Å². The maximum absolute atomic E-state index is 12.3. The van der Waals surface area contributed by atoms with E-state index in [0.717, 1.165) is 11.1 Å². The van der Waals surface area contributed by atoms with Gasteiger partial charge in [-0.3, -0.25) is 9.48 Å². The minimum Gasteiger partial charge on any atom is -0.378 e. The lowest BCUT2D eigenvalue weighted by Crippen LogP contribution is -2.42. The largest absolute Gasteiger partial charge is 0.378 e. The lowest BCUT2D eigenvalue weighted by Gasteiger charge is -2.26. The highest BCUT2D eigenvalue weighted by molar-refractivity contribution is 5.96. The van der Waals surface area contributed by atoms with Crippen LogP contribution in [-0.4, -0.2) is 46.9 Å². The maximum Gasteiger partial charge on any atom is 0.244 e. The van der Waals surface area contributed by atoms with Crippen molar-refractivity contribution >= 4 is 16.7 Å². The molecule has 2 heterocycles. The molecule has 5 heteroatoms. The molecule has 122 valence electrons. The van der Waals surface area contributed by atoms with E-state index in [1.165, 1.54) is 10.8 Å². The van der Waals surface area contributed by atoms with Crippen LogP contribution in [0.5, 0.6) is 0 Å². The number of nitrogens with zero attached hydrogens (tertiary/aromatic N) is 3. The molecule has 1 aromatic heterocycles. The van der Waals surface area contributed by atoms with Crippen LogP contribution in [-0.2, 0) is 16.1 Å². The number of carbonyl (C=O) groups is 1. The molecule has 0 saturated carbocycles. The average molecular weight is 321 g/mol. The number of hydrogen-bond donors (Lipinski definition) is 0. The first kappa shape index (κ1) is 14.9. The van der Waals surface area contributed by atoms with E-state index >= 15 is 0 Å². The summed E-state index contributed by atoms with van der Waals surface area (Å²) >= 11 is 0. The monoisotopic (exact) mass is 321 g/mol. The number of morpholine rings is 1. The number of carbonyl (C=O) groups excluding carboxylic acids is 1. The third kappa shape index (κ3) is 2.90. The second-order valence-electron chi connectivity index (χ2n) is 5.95. The van der Waals surface area contributed by atoms with Crippen LogP contribution in [0.1, 0.15) is 0 Å². The lowest BCUT2D eigenvalue weighted by molar-refractivity contribution is -0.136. The molecule has 0 aliphatic carbocycles. The molecule has 0 unspecified atom stereocenters. The number of fused-ring (bicyclic) bond motifs is 1. The molecule has 0 radical (unpaired) electrons. The SMILES string of the molecule is O=C(Cn1cc(-c2cccc3ccccc23)cn1)N1CCOCC1. The van der Waals surface area contributed by atoms with E-state index in [9.17, 15) is 4.79 Å². The Morgan fingerprint density at radius 2 is 1.88 bits per heavy atom. The van der Waals surface area contributed by atoms with Gasteiger partial charge >= 0.3 is 0 Å². The fourth-order valence-corrected chi connectivity index (χ4v) is 3.12. The molecular formula is C19H19N3O2. The Bertz CT molecular complexity index is 860. The summed E-state index contributed by atoms with van der Waals surface area (Å²) in [4.78, 5) is 14.2. The molecule has 5 nitrogen and oxygen atoms in total. The van der Waals surface area contributed by atoms with Crippen molar-refractivity contribution < 1.29 is 9.53 Å². The Morgan fingerprint density at radius 1 is 1.08 bits per heavy atom. The highest BCUT2D eigenvalue weighted by Crippen LogP contribution is 2.28. The standard InChI is InChI=1S/C19H19N3O2/c23-19(21-8-10-24-11-9-21)14-22-13-16(12-20-22)18-7-3-5-15-4-1-2-6-17(15)18/h1-7,12-13H,8-11,14H2. The molecule has 1 aliphatic rings. The summed E-state index contributed by atoms with van der Waals surface area (Å²) in [5.41, 5.74) is 2.17. The van der Waals surface area contributed by atoms with Gasteiger partial charge in [0, 0.05) is 24.8 Å². The van der Waals surface area contributed by atoms with Crippen LogP contribution in [0.2, 0.25) is 0 Å². The summed E-state index contributed by atoms with van der Waals surface area (Å²) in [7, 11) is 0. The van der Waals surface area contributed by atoms with Gasteiger partial charge in [0.1, 0.15) is 6.54 Å². The topological polar surface area (TPSA) is 47.4 Å². The fraction of sp³-hybridized carbons (Fsp3) is 0.263. The van der Waals surface area contributed by atoms with Crippen molar-refractivity contribution in [2.24, 2.45) is 0 Å². The Hall–Kier alpha value is -2.66. The Labute approximate surface area is 140 Å². The van der Waals surface area contributed by atoms with Gasteiger partial charge in [-0.1, -0.05) is 42.5 Å². The second-order valence-corrected chi connectivity index (χ2v) is 5.95. The molecule has 1 amide bonds. The Kier molecular flexibility index (Phi) is 4.01. The third-order valence-electron chi connectivity index (χ3n) is 4.39. The van der Waals surface area contributed by atoms with Gasteiger partial charge in [-0.05, 0) is 16.3 Å². The summed E-state index contributed by atoms with van der Waals surface area (Å²) < 4.78 is 7.00. The summed E-state index contributed by atoms with van der Waals surface area (Å²) in [6.07, 6.45) is 3.77. The van der Waals surface area contributed by atoms with Gasteiger partial charge in [-0.2, -0.15) is 5.10 Å². The minimum atomic E-state index is 0.0888. The van der Waals surface area contributed by atoms with Crippen molar-refractivity contribution in [1.29, 1.82) is 0 Å². The Morgan fingerprint density at radius 3 is 2.75 bits per heavy atom. The molecule has 24 heavy (non-hydrogen) atoms. The summed E-state index contributed by atoms with van der Waals surface area (Å²) in [5, 5.41) is 6.77. The zero-order chi connectivity index (χ0) is 16.4. The molecule has 4 rings (SSSR count). The zero-order valence-corrected chi connectivity index (χ0v) is 13.4. The number of amides is 1. The Balaban J connectivity index is 1.57. The molecule has 0 atom stereocenters. The molecule has 0 bridgehead atoms. The number of aromatic nitrogens is 2. The third-order valence-corrected chi connectivity index (χ3v) is 4.39. The van der Waals surface area contributed by atoms with E-state index in [2.05, 4.69) is 29.4 Å². The van der Waals surface area contributed by atoms with Crippen molar-refractivity contribution in [3.05, 3.63) is 54.9 Å². The second kappa shape index (κ2) is 6.45. The summed E-state index contributed by atoms with van der Waals surface area (Å²) in [6, 6.07) is 14.5. The lowest BCUT2D eigenvalue weighted by atomic mass is 10.0. The van der Waals surface area contributed by atoms with E-state index in [-0.39, 0.29) is 12.5 Å². The van der Waals surface area contributed by atoms with E-state index in [4.69, 9.17) is 4.74 Å². The molecule has 1 fully saturated rings. The van der Waals surface area contributed by atoms with Crippen molar-refractivity contribution in [2.75, 3.05) is 26.3 Å². The van der Waals surface area contributed by atoms with E-state index in [1.54, 1.807) is 4.68 Å². The van der Waals surface area contributed by atoms with E-state index < -0.39 is 0 Å². The van der Waals surface area contributed by atoms with Crippen LogP contribution < -0.4 is 0 Å². The van der Waals surface area contributed by atoms with E-state index in [1.807, 2.05) is 35.5 Å².